The highest BCUT2D eigenvalue weighted by molar-refractivity contribution is 7.89. The van der Waals surface area contributed by atoms with E-state index in [1.54, 1.807) is 41.0 Å². The van der Waals surface area contributed by atoms with Crippen LogP contribution in [0.2, 0.25) is 5.15 Å². The molecule has 5 rings (SSSR count). The lowest BCUT2D eigenvalue weighted by Gasteiger charge is -2.16. The van der Waals surface area contributed by atoms with Crippen molar-refractivity contribution in [2.45, 2.75) is 18.4 Å². The van der Waals surface area contributed by atoms with E-state index in [1.807, 2.05) is 6.92 Å². The number of halogens is 2. The smallest absolute Gasteiger partial charge is 0.213 e. The zero-order valence-electron chi connectivity index (χ0n) is 22.2. The van der Waals surface area contributed by atoms with E-state index in [0.717, 1.165) is 6.07 Å². The molecule has 4 aromatic heterocycles. The van der Waals surface area contributed by atoms with Crippen LogP contribution in [-0.2, 0) is 21.3 Å². The number of sulfone groups is 1. The van der Waals surface area contributed by atoms with Crippen molar-refractivity contribution in [3.63, 3.8) is 0 Å². The molecule has 0 radical (unpaired) electrons. The van der Waals surface area contributed by atoms with Crippen molar-refractivity contribution in [1.82, 2.24) is 29.5 Å². The van der Waals surface area contributed by atoms with Crippen molar-refractivity contribution in [3.8, 4) is 34.6 Å². The standard InChI is InChI=1S/C27H24ClFN6O5S/c1-4-40-22-12-5-9-17(31-22)26-34-25-27(35(26)23-20(38-2)10-6-11-21(23)39-3)32-19(24(28)33-25)15-41(36,37)14-18-16(29)8-7-13-30-18/h5-13H,4,14-15H2,1-3H3. The highest BCUT2D eigenvalue weighted by Crippen LogP contribution is 2.38. The molecule has 0 spiro atoms. The average Bonchev–Trinajstić information content (AvgIpc) is 3.31. The number of aromatic nitrogens is 6. The first-order valence-corrected chi connectivity index (χ1v) is 14.5. The van der Waals surface area contributed by atoms with E-state index >= 15 is 0 Å². The van der Waals surface area contributed by atoms with E-state index in [9.17, 15) is 12.8 Å². The number of imidazole rings is 1. The number of hydrogen-bond donors (Lipinski definition) is 0. The van der Waals surface area contributed by atoms with Gasteiger partial charge in [-0.15, -0.1) is 0 Å². The van der Waals surface area contributed by atoms with Crippen LogP contribution in [0.15, 0.2) is 54.7 Å². The molecule has 0 bridgehead atoms. The predicted molar refractivity (Wildman–Crippen MR) is 150 cm³/mol. The van der Waals surface area contributed by atoms with E-state index in [2.05, 4.69) is 24.9 Å². The van der Waals surface area contributed by atoms with Crippen LogP contribution < -0.4 is 14.2 Å². The SMILES string of the molecule is CCOc1cccc(-c2nc3nc(Cl)c(CS(=O)(=O)Cc4ncccc4F)nc3n2-c2c(OC)cccc2OC)n1. The minimum atomic E-state index is -3.96. The molecule has 4 heterocycles. The fourth-order valence-corrected chi connectivity index (χ4v) is 5.81. The number of benzene rings is 1. The summed E-state index contributed by atoms with van der Waals surface area (Å²) in [6.07, 6.45) is 1.32. The molecule has 0 aliphatic carbocycles. The second-order valence-electron chi connectivity index (χ2n) is 8.65. The fourth-order valence-electron chi connectivity index (χ4n) is 4.19. The maximum Gasteiger partial charge on any atom is 0.213 e. The van der Waals surface area contributed by atoms with Gasteiger partial charge in [-0.3, -0.25) is 9.55 Å². The summed E-state index contributed by atoms with van der Waals surface area (Å²) in [6.45, 7) is 2.25. The molecule has 0 N–H and O–H groups in total. The van der Waals surface area contributed by atoms with E-state index in [1.165, 1.54) is 26.5 Å². The Morgan fingerprint density at radius 1 is 0.902 bits per heavy atom. The Balaban J connectivity index is 1.72. The maximum absolute atomic E-state index is 14.1. The Morgan fingerprint density at radius 3 is 2.29 bits per heavy atom. The number of methoxy groups -OCH3 is 2. The first-order chi connectivity index (χ1) is 19.7. The van der Waals surface area contributed by atoms with Crippen LogP contribution in [0.4, 0.5) is 4.39 Å². The van der Waals surface area contributed by atoms with Crippen molar-refractivity contribution in [1.29, 1.82) is 0 Å². The zero-order valence-corrected chi connectivity index (χ0v) is 23.8. The van der Waals surface area contributed by atoms with Crippen molar-refractivity contribution in [2.75, 3.05) is 20.8 Å². The van der Waals surface area contributed by atoms with Crippen molar-refractivity contribution in [3.05, 3.63) is 77.1 Å². The molecule has 1 aromatic carbocycles. The molecule has 0 fully saturated rings. The minimum Gasteiger partial charge on any atom is -0.494 e. The van der Waals surface area contributed by atoms with Crippen LogP contribution in [0.25, 0.3) is 28.5 Å². The number of para-hydroxylation sites is 1. The molecule has 0 aliphatic heterocycles. The fraction of sp³-hybridized carbons (Fsp3) is 0.222. The van der Waals surface area contributed by atoms with Crippen LogP contribution in [0, 0.1) is 5.82 Å². The van der Waals surface area contributed by atoms with Gasteiger partial charge in [0, 0.05) is 12.3 Å². The monoisotopic (exact) mass is 598 g/mol. The number of pyridine rings is 2. The van der Waals surface area contributed by atoms with Crippen molar-refractivity contribution in [2.24, 2.45) is 0 Å². The number of fused-ring (bicyclic) bond motifs is 1. The lowest BCUT2D eigenvalue weighted by atomic mass is 10.2. The summed E-state index contributed by atoms with van der Waals surface area (Å²) in [4.78, 5) is 22.0. The van der Waals surface area contributed by atoms with Crippen LogP contribution in [0.3, 0.4) is 0 Å². The summed E-state index contributed by atoms with van der Waals surface area (Å²) in [5, 5.41) is -0.165. The largest absolute Gasteiger partial charge is 0.494 e. The van der Waals surface area contributed by atoms with Gasteiger partial charge in [-0.1, -0.05) is 23.7 Å². The van der Waals surface area contributed by atoms with Gasteiger partial charge in [-0.25, -0.2) is 32.7 Å². The third kappa shape index (κ3) is 5.77. The molecule has 41 heavy (non-hydrogen) atoms. The Kier molecular flexibility index (Phi) is 7.99. The molecule has 0 saturated heterocycles. The number of nitrogens with zero attached hydrogens (tertiary/aromatic N) is 6. The third-order valence-electron chi connectivity index (χ3n) is 5.94. The average molecular weight is 599 g/mol. The summed E-state index contributed by atoms with van der Waals surface area (Å²) in [5.74, 6) is -0.471. The Bertz CT molecular complexity index is 1830. The first-order valence-electron chi connectivity index (χ1n) is 12.3. The zero-order chi connectivity index (χ0) is 29.1. The molecular formula is C27H24ClFN6O5S. The van der Waals surface area contributed by atoms with Crippen LogP contribution in [0.5, 0.6) is 17.4 Å². The molecule has 11 nitrogen and oxygen atoms in total. The van der Waals surface area contributed by atoms with Gasteiger partial charge in [0.1, 0.15) is 28.7 Å². The lowest BCUT2D eigenvalue weighted by molar-refractivity contribution is 0.327. The van der Waals surface area contributed by atoms with Crippen LogP contribution in [0.1, 0.15) is 18.3 Å². The van der Waals surface area contributed by atoms with Gasteiger partial charge in [-0.2, -0.15) is 0 Å². The summed E-state index contributed by atoms with van der Waals surface area (Å²) in [7, 11) is -0.955. The molecule has 0 unspecified atom stereocenters. The molecule has 0 aliphatic rings. The molecule has 5 aromatic rings. The normalized spacial score (nSPS) is 11.5. The van der Waals surface area contributed by atoms with Crippen LogP contribution in [-0.4, -0.2) is 58.7 Å². The van der Waals surface area contributed by atoms with Crippen LogP contribution >= 0.6 is 11.6 Å². The van der Waals surface area contributed by atoms with Gasteiger partial charge >= 0.3 is 0 Å². The lowest BCUT2D eigenvalue weighted by Crippen LogP contribution is -2.12. The second-order valence-corrected chi connectivity index (χ2v) is 11.1. The Hall–Kier alpha value is -4.36. The van der Waals surface area contributed by atoms with Crippen molar-refractivity contribution >= 4 is 32.7 Å². The van der Waals surface area contributed by atoms with E-state index in [4.69, 9.17) is 25.8 Å². The Morgan fingerprint density at radius 2 is 1.61 bits per heavy atom. The van der Waals surface area contributed by atoms with Gasteiger partial charge in [0.2, 0.25) is 5.88 Å². The summed E-state index contributed by atoms with van der Waals surface area (Å²) >= 11 is 6.42. The van der Waals surface area contributed by atoms with Gasteiger partial charge in [-0.05, 0) is 37.3 Å². The third-order valence-corrected chi connectivity index (χ3v) is 7.67. The highest BCUT2D eigenvalue weighted by atomic mass is 35.5. The minimum absolute atomic E-state index is 0.0481. The number of ether oxygens (including phenoxy) is 3. The second kappa shape index (κ2) is 11.6. The molecule has 212 valence electrons. The molecule has 14 heteroatoms. The van der Waals surface area contributed by atoms with E-state index in [-0.39, 0.29) is 27.8 Å². The molecular weight excluding hydrogens is 575 g/mol. The van der Waals surface area contributed by atoms with Gasteiger partial charge in [0.15, 0.2) is 32.1 Å². The number of hydrogen-bond acceptors (Lipinski definition) is 10. The van der Waals surface area contributed by atoms with Gasteiger partial charge in [0.25, 0.3) is 0 Å². The quantitative estimate of drug-likeness (QED) is 0.225. The van der Waals surface area contributed by atoms with Crippen molar-refractivity contribution < 1.29 is 27.0 Å². The Labute approximate surface area is 239 Å². The molecule has 0 amide bonds. The van der Waals surface area contributed by atoms with E-state index < -0.39 is 27.2 Å². The van der Waals surface area contributed by atoms with Gasteiger partial charge < -0.3 is 14.2 Å². The predicted octanol–water partition coefficient (Wildman–Crippen LogP) is 4.60. The summed E-state index contributed by atoms with van der Waals surface area (Å²) in [6, 6.07) is 12.9. The molecule has 0 atom stereocenters. The molecule has 0 saturated carbocycles. The number of rotatable bonds is 10. The highest BCUT2D eigenvalue weighted by Gasteiger charge is 2.26. The van der Waals surface area contributed by atoms with Gasteiger partial charge in [0.05, 0.1) is 43.7 Å². The summed E-state index contributed by atoms with van der Waals surface area (Å²) < 4.78 is 58.8. The topological polar surface area (TPSA) is 131 Å². The summed E-state index contributed by atoms with van der Waals surface area (Å²) in [5.41, 5.74) is 0.889. The van der Waals surface area contributed by atoms with E-state index in [0.29, 0.717) is 41.2 Å². The first kappa shape index (κ1) is 28.2. The maximum atomic E-state index is 14.1.